The van der Waals surface area contributed by atoms with E-state index in [0.29, 0.717) is 11.4 Å². The minimum Gasteiger partial charge on any atom is -0.489 e. The molecule has 0 radical (unpaired) electrons. The highest BCUT2D eigenvalue weighted by Gasteiger charge is 2.36. The summed E-state index contributed by atoms with van der Waals surface area (Å²) in [5.74, 6) is -2.08. The molecule has 0 N–H and O–H groups in total. The van der Waals surface area contributed by atoms with Gasteiger partial charge in [-0.15, -0.1) is 0 Å². The molecule has 1 saturated heterocycles. The fourth-order valence-corrected chi connectivity index (χ4v) is 4.03. The summed E-state index contributed by atoms with van der Waals surface area (Å²) in [6, 6.07) is 15.2. The van der Waals surface area contributed by atoms with Gasteiger partial charge in [0.25, 0.3) is 0 Å². The predicted octanol–water partition coefficient (Wildman–Crippen LogP) is 5.95. The highest BCUT2D eigenvalue weighted by molar-refractivity contribution is 6.31. The molecule has 9 heteroatoms. The lowest BCUT2D eigenvalue weighted by atomic mass is 10.1. The van der Waals surface area contributed by atoms with Gasteiger partial charge in [-0.3, -0.25) is 9.59 Å². The summed E-state index contributed by atoms with van der Waals surface area (Å²) in [6.45, 7) is -0.228. The van der Waals surface area contributed by atoms with Gasteiger partial charge in [0.1, 0.15) is 30.6 Å². The molecule has 1 aliphatic heterocycles. The summed E-state index contributed by atoms with van der Waals surface area (Å²) in [6.07, 6.45) is -0.0200. The molecule has 3 aromatic carbocycles. The number of ether oxygens (including phenoxy) is 2. The van der Waals surface area contributed by atoms with Gasteiger partial charge in [-0.25, -0.2) is 8.78 Å². The smallest absolute Gasteiger partial charge is 0.311 e. The van der Waals surface area contributed by atoms with Gasteiger partial charge in [-0.05, 0) is 48.5 Å². The van der Waals surface area contributed by atoms with Gasteiger partial charge < -0.3 is 14.4 Å². The van der Waals surface area contributed by atoms with Crippen LogP contribution in [-0.2, 0) is 27.5 Å². The van der Waals surface area contributed by atoms with E-state index in [1.54, 1.807) is 30.3 Å². The SMILES string of the molecule is O=C(OCc1c(F)cccc1Cl)[C@@H]1CC(=O)N(c2ccc(OCc3c(F)cccc3Cl)cc2)C1. The number of halogens is 4. The third kappa shape index (κ3) is 5.32. The maximum Gasteiger partial charge on any atom is 0.311 e. The van der Waals surface area contributed by atoms with Gasteiger partial charge in [-0.1, -0.05) is 35.3 Å². The van der Waals surface area contributed by atoms with Crippen LogP contribution in [0.25, 0.3) is 0 Å². The number of carbonyl (C=O) groups is 2. The number of carbonyl (C=O) groups excluding carboxylic acids is 2. The van der Waals surface area contributed by atoms with E-state index in [1.165, 1.54) is 35.2 Å². The fourth-order valence-electron chi connectivity index (χ4n) is 3.59. The van der Waals surface area contributed by atoms with Gasteiger partial charge in [0.2, 0.25) is 5.91 Å². The van der Waals surface area contributed by atoms with Crippen LogP contribution >= 0.6 is 23.2 Å². The van der Waals surface area contributed by atoms with Gasteiger partial charge in [0.05, 0.1) is 16.0 Å². The molecule has 0 bridgehead atoms. The highest BCUT2D eigenvalue weighted by Crippen LogP contribution is 2.29. The first-order valence-corrected chi connectivity index (χ1v) is 11.1. The second kappa shape index (κ2) is 10.4. The van der Waals surface area contributed by atoms with Crippen LogP contribution in [0.1, 0.15) is 17.5 Å². The van der Waals surface area contributed by atoms with Crippen LogP contribution < -0.4 is 9.64 Å². The molecule has 1 aliphatic rings. The third-order valence-corrected chi connectivity index (χ3v) is 6.18. The van der Waals surface area contributed by atoms with Crippen LogP contribution in [0.15, 0.2) is 60.7 Å². The molecular formula is C25H19Cl2F2NO4. The Labute approximate surface area is 204 Å². The number of nitrogens with zero attached hydrogens (tertiary/aromatic N) is 1. The molecule has 0 aliphatic carbocycles. The van der Waals surface area contributed by atoms with Crippen molar-refractivity contribution < 1.29 is 27.8 Å². The van der Waals surface area contributed by atoms with Crippen LogP contribution in [0, 0.1) is 17.6 Å². The Balaban J connectivity index is 1.35. The number of hydrogen-bond donors (Lipinski definition) is 0. The molecule has 34 heavy (non-hydrogen) atoms. The summed E-state index contributed by atoms with van der Waals surface area (Å²) < 4.78 is 38.6. The highest BCUT2D eigenvalue weighted by atomic mass is 35.5. The summed E-state index contributed by atoms with van der Waals surface area (Å²) in [5, 5.41) is 0.436. The van der Waals surface area contributed by atoms with Crippen molar-refractivity contribution >= 4 is 40.8 Å². The lowest BCUT2D eigenvalue weighted by Gasteiger charge is -2.17. The van der Waals surface area contributed by atoms with E-state index in [2.05, 4.69) is 0 Å². The number of benzene rings is 3. The van der Waals surface area contributed by atoms with E-state index in [1.807, 2.05) is 0 Å². The van der Waals surface area contributed by atoms with Crippen LogP contribution in [0.5, 0.6) is 5.75 Å². The maximum absolute atomic E-state index is 13.9. The minimum atomic E-state index is -0.683. The Morgan fingerprint density at radius 3 is 2.09 bits per heavy atom. The largest absolute Gasteiger partial charge is 0.489 e. The number of hydrogen-bond acceptors (Lipinski definition) is 4. The lowest BCUT2D eigenvalue weighted by molar-refractivity contribution is -0.149. The van der Waals surface area contributed by atoms with E-state index in [4.69, 9.17) is 32.7 Å². The topological polar surface area (TPSA) is 55.8 Å². The number of esters is 1. The van der Waals surface area contributed by atoms with E-state index >= 15 is 0 Å². The van der Waals surface area contributed by atoms with Gasteiger partial charge in [0.15, 0.2) is 0 Å². The second-order valence-electron chi connectivity index (χ2n) is 7.70. The van der Waals surface area contributed by atoms with E-state index < -0.39 is 23.5 Å². The zero-order chi connectivity index (χ0) is 24.2. The molecule has 0 spiro atoms. The molecule has 0 saturated carbocycles. The van der Waals surface area contributed by atoms with Crippen molar-refractivity contribution in [1.82, 2.24) is 0 Å². The first kappa shape index (κ1) is 24.0. The van der Waals surface area contributed by atoms with Crippen molar-refractivity contribution in [2.75, 3.05) is 11.4 Å². The van der Waals surface area contributed by atoms with Gasteiger partial charge in [0, 0.05) is 29.8 Å². The molecule has 5 nitrogen and oxygen atoms in total. The van der Waals surface area contributed by atoms with E-state index in [-0.39, 0.29) is 53.3 Å². The molecule has 0 unspecified atom stereocenters. The number of amides is 1. The van der Waals surface area contributed by atoms with Crippen molar-refractivity contribution in [3.8, 4) is 5.75 Å². The van der Waals surface area contributed by atoms with Crippen LogP contribution in [-0.4, -0.2) is 18.4 Å². The first-order chi connectivity index (χ1) is 16.3. The number of anilines is 1. The van der Waals surface area contributed by atoms with Crippen LogP contribution in [0.3, 0.4) is 0 Å². The van der Waals surface area contributed by atoms with Crippen molar-refractivity contribution in [2.24, 2.45) is 5.92 Å². The van der Waals surface area contributed by atoms with Crippen molar-refractivity contribution in [1.29, 1.82) is 0 Å². The molecule has 0 aromatic heterocycles. The zero-order valence-electron chi connectivity index (χ0n) is 17.8. The van der Waals surface area contributed by atoms with Gasteiger partial charge >= 0.3 is 5.97 Å². The van der Waals surface area contributed by atoms with Crippen LogP contribution in [0.2, 0.25) is 10.0 Å². The van der Waals surface area contributed by atoms with Crippen molar-refractivity contribution in [3.63, 3.8) is 0 Å². The Hall–Kier alpha value is -3.16. The summed E-state index contributed by atoms with van der Waals surface area (Å²) in [7, 11) is 0. The average Bonchev–Trinajstić information content (AvgIpc) is 3.20. The molecule has 1 atom stereocenters. The predicted molar refractivity (Wildman–Crippen MR) is 124 cm³/mol. The second-order valence-corrected chi connectivity index (χ2v) is 8.51. The fraction of sp³-hybridized carbons (Fsp3) is 0.200. The standard InChI is InChI=1S/C25H19Cl2F2NO4/c26-20-3-1-5-22(28)18(20)13-33-17-9-7-16(8-10-17)30-12-15(11-24(30)31)25(32)34-14-19-21(27)4-2-6-23(19)29/h1-10,15H,11-14H2/t15-/m1/s1. The molecule has 4 rings (SSSR count). The Kier molecular flexibility index (Phi) is 7.34. The van der Waals surface area contributed by atoms with Crippen molar-refractivity contribution in [2.45, 2.75) is 19.6 Å². The summed E-state index contributed by atoms with van der Waals surface area (Å²) in [5.41, 5.74) is 0.917. The average molecular weight is 506 g/mol. The molecule has 1 heterocycles. The normalized spacial score (nSPS) is 15.5. The number of rotatable bonds is 7. The Morgan fingerprint density at radius 2 is 1.50 bits per heavy atom. The zero-order valence-corrected chi connectivity index (χ0v) is 19.3. The minimum absolute atomic E-state index is 0.0200. The Bertz CT molecular complexity index is 1180. The lowest BCUT2D eigenvalue weighted by Crippen LogP contribution is -2.26. The molecule has 1 fully saturated rings. The van der Waals surface area contributed by atoms with Crippen molar-refractivity contribution in [3.05, 3.63) is 93.5 Å². The quantitative estimate of drug-likeness (QED) is 0.372. The molecule has 176 valence electrons. The van der Waals surface area contributed by atoms with E-state index in [9.17, 15) is 18.4 Å². The molecule has 3 aromatic rings. The van der Waals surface area contributed by atoms with Crippen LogP contribution in [0.4, 0.5) is 14.5 Å². The third-order valence-electron chi connectivity index (χ3n) is 5.47. The Morgan fingerprint density at radius 1 is 0.912 bits per heavy atom. The van der Waals surface area contributed by atoms with Gasteiger partial charge in [-0.2, -0.15) is 0 Å². The maximum atomic E-state index is 13.9. The summed E-state index contributed by atoms with van der Waals surface area (Å²) >= 11 is 12.0. The monoisotopic (exact) mass is 505 g/mol. The molecule has 1 amide bonds. The van der Waals surface area contributed by atoms with E-state index in [0.717, 1.165) is 0 Å². The first-order valence-electron chi connectivity index (χ1n) is 10.4. The molecular weight excluding hydrogens is 487 g/mol. The summed E-state index contributed by atoms with van der Waals surface area (Å²) in [4.78, 5) is 26.4.